The van der Waals surface area contributed by atoms with Crippen LogP contribution in [0.3, 0.4) is 0 Å². The predicted octanol–water partition coefficient (Wildman–Crippen LogP) is 5.43. The Morgan fingerprint density at radius 1 is 1.00 bits per heavy atom. The Balaban J connectivity index is 1.68. The smallest absolute Gasteiger partial charge is 0.257 e. The second-order valence-electron chi connectivity index (χ2n) is 4.89. The first-order valence-electron chi connectivity index (χ1n) is 7.06. The number of hydrogen-bond acceptors (Lipinski definition) is 3. The highest BCUT2D eigenvalue weighted by atomic mass is 35.5. The average Bonchev–Trinajstić information content (AvgIpc) is 2.57. The summed E-state index contributed by atoms with van der Waals surface area (Å²) in [6, 6.07) is 15.3. The third-order valence-electron chi connectivity index (χ3n) is 3.16. The van der Waals surface area contributed by atoms with E-state index < -0.39 is 0 Å². The largest absolute Gasteiger partial charge is 0.456 e. The molecule has 24 heavy (non-hydrogen) atoms. The van der Waals surface area contributed by atoms with Gasteiger partial charge in [-0.15, -0.1) is 0 Å². The van der Waals surface area contributed by atoms with Crippen molar-refractivity contribution >= 4 is 34.8 Å². The molecule has 0 unspecified atom stereocenters. The molecule has 1 amide bonds. The lowest BCUT2D eigenvalue weighted by molar-refractivity contribution is 0.102. The van der Waals surface area contributed by atoms with Crippen LogP contribution in [0.2, 0.25) is 10.0 Å². The molecule has 0 aliphatic carbocycles. The lowest BCUT2D eigenvalue weighted by Crippen LogP contribution is -2.12. The topological polar surface area (TPSA) is 51.2 Å². The van der Waals surface area contributed by atoms with Gasteiger partial charge in [-0.1, -0.05) is 23.2 Å². The predicted molar refractivity (Wildman–Crippen MR) is 95.2 cm³/mol. The Labute approximate surface area is 149 Å². The van der Waals surface area contributed by atoms with Crippen molar-refractivity contribution in [3.63, 3.8) is 0 Å². The summed E-state index contributed by atoms with van der Waals surface area (Å²) in [5.74, 6) is 0.977. The Morgan fingerprint density at radius 2 is 1.79 bits per heavy atom. The maximum absolute atomic E-state index is 12.2. The molecule has 0 spiro atoms. The second kappa shape index (κ2) is 7.34. The number of benzene rings is 2. The van der Waals surface area contributed by atoms with E-state index in [1.54, 1.807) is 54.9 Å². The van der Waals surface area contributed by atoms with Gasteiger partial charge in [-0.25, -0.2) is 0 Å². The number of carbonyl (C=O) groups excluding carboxylic acids is 1. The molecule has 1 heterocycles. The van der Waals surface area contributed by atoms with Gasteiger partial charge in [0.05, 0.1) is 16.8 Å². The number of ether oxygens (including phenoxy) is 1. The van der Waals surface area contributed by atoms with Crippen LogP contribution in [0.15, 0.2) is 67.0 Å². The first-order valence-corrected chi connectivity index (χ1v) is 7.82. The molecule has 1 aromatic heterocycles. The van der Waals surface area contributed by atoms with Gasteiger partial charge < -0.3 is 10.1 Å². The van der Waals surface area contributed by atoms with E-state index in [1.165, 1.54) is 6.07 Å². The summed E-state index contributed by atoms with van der Waals surface area (Å²) < 4.78 is 5.64. The van der Waals surface area contributed by atoms with Crippen molar-refractivity contribution in [2.45, 2.75) is 0 Å². The van der Waals surface area contributed by atoms with Gasteiger partial charge >= 0.3 is 0 Å². The molecule has 0 radical (unpaired) electrons. The molecule has 3 aromatic rings. The number of hydrogen-bond donors (Lipinski definition) is 1. The summed E-state index contributed by atoms with van der Waals surface area (Å²) in [5.41, 5.74) is 0.987. The van der Waals surface area contributed by atoms with E-state index in [0.717, 1.165) is 0 Å². The number of nitrogens with zero attached hydrogens (tertiary/aromatic N) is 1. The highest BCUT2D eigenvalue weighted by Crippen LogP contribution is 2.24. The molecule has 6 heteroatoms. The van der Waals surface area contributed by atoms with Crippen LogP contribution in [0.4, 0.5) is 5.69 Å². The maximum atomic E-state index is 12.2. The molecular formula is C18H12Cl2N2O2. The Morgan fingerprint density at radius 3 is 2.46 bits per heavy atom. The highest BCUT2D eigenvalue weighted by Gasteiger charge is 2.11. The van der Waals surface area contributed by atoms with Crippen LogP contribution in [0.25, 0.3) is 0 Å². The van der Waals surface area contributed by atoms with Crippen molar-refractivity contribution in [2.24, 2.45) is 0 Å². The normalized spacial score (nSPS) is 10.2. The number of amides is 1. The van der Waals surface area contributed by atoms with Gasteiger partial charge in [-0.3, -0.25) is 9.78 Å². The molecule has 0 bridgehead atoms. The van der Waals surface area contributed by atoms with Gasteiger partial charge in [0, 0.05) is 16.9 Å². The summed E-state index contributed by atoms with van der Waals surface area (Å²) >= 11 is 11.9. The quantitative estimate of drug-likeness (QED) is 0.676. The average molecular weight is 359 g/mol. The minimum atomic E-state index is -0.308. The monoisotopic (exact) mass is 358 g/mol. The van der Waals surface area contributed by atoms with Crippen molar-refractivity contribution < 1.29 is 9.53 Å². The Hall–Kier alpha value is -2.56. The number of carbonyl (C=O) groups is 1. The molecule has 0 saturated carbocycles. The third kappa shape index (κ3) is 4.04. The molecule has 4 nitrogen and oxygen atoms in total. The summed E-state index contributed by atoms with van der Waals surface area (Å²) in [5, 5.41) is 3.56. The fourth-order valence-corrected chi connectivity index (χ4v) is 2.52. The summed E-state index contributed by atoms with van der Waals surface area (Å²) in [7, 11) is 0. The van der Waals surface area contributed by atoms with Crippen molar-refractivity contribution in [3.05, 3.63) is 82.6 Å². The molecule has 0 atom stereocenters. The van der Waals surface area contributed by atoms with Crippen LogP contribution >= 0.6 is 23.2 Å². The Kier molecular flexibility index (Phi) is 4.99. The molecule has 0 aliphatic heterocycles. The van der Waals surface area contributed by atoms with Crippen LogP contribution < -0.4 is 10.1 Å². The van der Waals surface area contributed by atoms with E-state index in [4.69, 9.17) is 27.9 Å². The number of nitrogens with one attached hydrogen (secondary N) is 1. The van der Waals surface area contributed by atoms with E-state index in [1.807, 2.05) is 6.07 Å². The fourth-order valence-electron chi connectivity index (χ4n) is 2.02. The number of halogens is 2. The second-order valence-corrected chi connectivity index (χ2v) is 5.74. The van der Waals surface area contributed by atoms with Crippen LogP contribution in [0.5, 0.6) is 11.5 Å². The molecule has 1 N–H and O–H groups in total. The van der Waals surface area contributed by atoms with Gasteiger partial charge in [0.25, 0.3) is 5.91 Å². The zero-order valence-electron chi connectivity index (χ0n) is 12.4. The van der Waals surface area contributed by atoms with Gasteiger partial charge in [0.1, 0.15) is 11.5 Å². The SMILES string of the molecule is O=C(Nc1ccc(Oc2cccnc2)cc1)c1ccc(Cl)cc1Cl. The molecule has 120 valence electrons. The van der Waals surface area contributed by atoms with Crippen molar-refractivity contribution in [1.29, 1.82) is 0 Å². The van der Waals surface area contributed by atoms with Crippen LogP contribution in [-0.4, -0.2) is 10.9 Å². The van der Waals surface area contributed by atoms with Crippen LogP contribution in [-0.2, 0) is 0 Å². The molecule has 0 fully saturated rings. The maximum Gasteiger partial charge on any atom is 0.257 e. The number of pyridine rings is 1. The minimum absolute atomic E-state index is 0.302. The lowest BCUT2D eigenvalue weighted by Gasteiger charge is -2.09. The lowest BCUT2D eigenvalue weighted by atomic mass is 10.2. The first kappa shape index (κ1) is 16.3. The van der Waals surface area contributed by atoms with E-state index in [0.29, 0.717) is 32.8 Å². The number of aromatic nitrogens is 1. The zero-order valence-corrected chi connectivity index (χ0v) is 13.9. The van der Waals surface area contributed by atoms with E-state index in [-0.39, 0.29) is 5.91 Å². The van der Waals surface area contributed by atoms with Gasteiger partial charge in [0.2, 0.25) is 0 Å². The van der Waals surface area contributed by atoms with Crippen molar-refractivity contribution in [1.82, 2.24) is 4.98 Å². The third-order valence-corrected chi connectivity index (χ3v) is 3.71. The number of anilines is 1. The van der Waals surface area contributed by atoms with Crippen LogP contribution in [0.1, 0.15) is 10.4 Å². The van der Waals surface area contributed by atoms with Gasteiger partial charge in [0.15, 0.2) is 0 Å². The van der Waals surface area contributed by atoms with E-state index in [9.17, 15) is 4.79 Å². The van der Waals surface area contributed by atoms with Gasteiger partial charge in [-0.05, 0) is 54.6 Å². The zero-order chi connectivity index (χ0) is 16.9. The van der Waals surface area contributed by atoms with E-state index in [2.05, 4.69) is 10.3 Å². The molecule has 3 rings (SSSR count). The van der Waals surface area contributed by atoms with Crippen molar-refractivity contribution in [2.75, 3.05) is 5.32 Å². The fraction of sp³-hybridized carbons (Fsp3) is 0. The molecular weight excluding hydrogens is 347 g/mol. The standard InChI is InChI=1S/C18H12Cl2N2O2/c19-12-3-8-16(17(20)10-12)18(23)22-13-4-6-14(7-5-13)24-15-2-1-9-21-11-15/h1-11H,(H,22,23). The molecule has 2 aromatic carbocycles. The molecule has 0 saturated heterocycles. The first-order chi connectivity index (χ1) is 11.6. The van der Waals surface area contributed by atoms with E-state index >= 15 is 0 Å². The van der Waals surface area contributed by atoms with Crippen LogP contribution in [0, 0.1) is 0 Å². The van der Waals surface area contributed by atoms with Gasteiger partial charge in [-0.2, -0.15) is 0 Å². The van der Waals surface area contributed by atoms with Crippen molar-refractivity contribution in [3.8, 4) is 11.5 Å². The minimum Gasteiger partial charge on any atom is -0.456 e. The highest BCUT2D eigenvalue weighted by molar-refractivity contribution is 6.37. The summed E-state index contributed by atoms with van der Waals surface area (Å²) in [6.07, 6.45) is 3.30. The number of rotatable bonds is 4. The molecule has 0 aliphatic rings. The Bertz CT molecular complexity index is 853. The summed E-state index contributed by atoms with van der Waals surface area (Å²) in [6.45, 7) is 0. The summed E-state index contributed by atoms with van der Waals surface area (Å²) in [4.78, 5) is 16.2.